The first-order chi connectivity index (χ1) is 17.9. The van der Waals surface area contributed by atoms with Crippen molar-refractivity contribution in [1.82, 2.24) is 29.0 Å². The molecule has 1 saturated heterocycles. The summed E-state index contributed by atoms with van der Waals surface area (Å²) >= 11 is 0.947. The van der Waals surface area contributed by atoms with Crippen LogP contribution in [0.5, 0.6) is 0 Å². The first-order valence-corrected chi connectivity index (χ1v) is 14.4. The van der Waals surface area contributed by atoms with E-state index in [0.29, 0.717) is 0 Å². The van der Waals surface area contributed by atoms with E-state index >= 15 is 0 Å². The molecule has 2 aromatic heterocycles. The van der Waals surface area contributed by atoms with Crippen molar-refractivity contribution in [2.45, 2.75) is 45.0 Å². The fraction of sp³-hybridized carbons (Fsp3) is 0.471. The van der Waals surface area contributed by atoms with E-state index in [0.717, 1.165) is 22.3 Å². The van der Waals surface area contributed by atoms with Crippen molar-refractivity contribution in [1.29, 1.82) is 0 Å². The number of hydrogen-bond donors (Lipinski definition) is 5. The standard InChI is InChI=1S/C17H23N9O10S3/c1-17(2,15(29)30)36-24-13(10-7-37-16(18)22-10)12(27)3-9-11(26(14(9)28)39(33,34)35)6-25-20-4-8(23-25)5-21-38(19,31)32/h4,7,9,11,21H,3,5-6H2,1-2H3,(H2,18,22)(H,29,30)(H2,19,31,32)(H,33,34,35)/b24-13-/t9-,11+/m0/s1. The molecule has 1 amide bonds. The lowest BCUT2D eigenvalue weighted by Gasteiger charge is -2.43. The molecule has 2 atom stereocenters. The number of oxime groups is 1. The van der Waals surface area contributed by atoms with Crippen molar-refractivity contribution in [3.63, 3.8) is 0 Å². The summed E-state index contributed by atoms with van der Waals surface area (Å²) in [5, 5.41) is 27.0. The third-order valence-electron chi connectivity index (χ3n) is 5.25. The number of carboxylic acids is 1. The van der Waals surface area contributed by atoms with Gasteiger partial charge in [-0.1, -0.05) is 5.16 Å². The smallest absolute Gasteiger partial charge is 0.362 e. The van der Waals surface area contributed by atoms with E-state index in [1.165, 1.54) is 19.2 Å². The normalized spacial score (nSPS) is 18.6. The number of carbonyl (C=O) groups excluding carboxylic acids is 2. The van der Waals surface area contributed by atoms with E-state index < -0.39 is 74.4 Å². The van der Waals surface area contributed by atoms with Crippen LogP contribution >= 0.6 is 11.3 Å². The molecule has 0 aliphatic carbocycles. The van der Waals surface area contributed by atoms with Gasteiger partial charge in [-0.2, -0.15) is 36.6 Å². The second-order valence-electron chi connectivity index (χ2n) is 8.59. The van der Waals surface area contributed by atoms with E-state index in [1.54, 1.807) is 0 Å². The van der Waals surface area contributed by atoms with Crippen LogP contribution in [0.1, 0.15) is 31.7 Å². The molecule has 0 saturated carbocycles. The van der Waals surface area contributed by atoms with Gasteiger partial charge in [0.1, 0.15) is 5.69 Å². The number of rotatable bonds is 13. The maximum Gasteiger partial charge on any atom is 0.362 e. The summed E-state index contributed by atoms with van der Waals surface area (Å²) in [4.78, 5) is 47.1. The van der Waals surface area contributed by atoms with Crippen molar-refractivity contribution < 1.29 is 45.7 Å². The van der Waals surface area contributed by atoms with Crippen molar-refractivity contribution in [2.75, 3.05) is 5.73 Å². The van der Waals surface area contributed by atoms with Gasteiger partial charge < -0.3 is 15.7 Å². The minimum absolute atomic E-state index is 0.0515. The lowest BCUT2D eigenvalue weighted by atomic mass is 9.84. The van der Waals surface area contributed by atoms with Gasteiger partial charge in [-0.25, -0.2) is 19.2 Å². The first-order valence-electron chi connectivity index (χ1n) is 10.6. The number of thiazole rings is 1. The zero-order chi connectivity index (χ0) is 29.3. The molecule has 19 nitrogen and oxygen atoms in total. The van der Waals surface area contributed by atoms with Crippen LogP contribution in [-0.4, -0.2) is 85.8 Å². The molecular formula is C17H23N9O10S3. The number of Topliss-reactive ketones (excluding diaryl/α,β-unsaturated/α-hetero) is 1. The third kappa shape index (κ3) is 7.30. The van der Waals surface area contributed by atoms with Crippen molar-refractivity contribution in [3.05, 3.63) is 23.0 Å². The lowest BCUT2D eigenvalue weighted by molar-refractivity contribution is -0.161. The summed E-state index contributed by atoms with van der Waals surface area (Å²) in [5.41, 5.74) is 3.33. The largest absolute Gasteiger partial charge is 0.478 e. The molecule has 214 valence electrons. The average Bonchev–Trinajstić information content (AvgIpc) is 3.43. The van der Waals surface area contributed by atoms with Crippen LogP contribution in [0.15, 0.2) is 16.7 Å². The summed E-state index contributed by atoms with van der Waals surface area (Å²) in [6.45, 7) is 1.60. The number of nitrogens with one attached hydrogen (secondary N) is 1. The molecule has 1 aliphatic rings. The Labute approximate surface area is 224 Å². The predicted molar refractivity (Wildman–Crippen MR) is 131 cm³/mol. The van der Waals surface area contributed by atoms with Crippen LogP contribution < -0.4 is 15.6 Å². The molecule has 39 heavy (non-hydrogen) atoms. The van der Waals surface area contributed by atoms with Crippen LogP contribution in [0.3, 0.4) is 0 Å². The molecule has 0 spiro atoms. The van der Waals surface area contributed by atoms with Gasteiger partial charge >= 0.3 is 16.3 Å². The van der Waals surface area contributed by atoms with E-state index in [4.69, 9.17) is 15.7 Å². The molecule has 2 aromatic rings. The Balaban J connectivity index is 1.85. The molecule has 7 N–H and O–H groups in total. The Hall–Kier alpha value is -3.57. The topological polar surface area (TPSA) is 292 Å². The number of β-lactam (4-membered cyclic amide) rings is 1. The Morgan fingerprint density at radius 3 is 2.51 bits per heavy atom. The number of carbonyl (C=O) groups is 3. The SMILES string of the molecule is CC(C)(O/N=C(\C(=O)C[C@@H]1C(=O)N(S(=O)(=O)O)[C@@H]1Cn1ncc(CNS(N)(=O)=O)n1)c1csc(N)n1)C(=O)O. The fourth-order valence-electron chi connectivity index (χ4n) is 3.26. The highest BCUT2D eigenvalue weighted by molar-refractivity contribution is 7.87. The highest BCUT2D eigenvalue weighted by atomic mass is 32.2. The molecule has 0 radical (unpaired) electrons. The van der Waals surface area contributed by atoms with Crippen LogP contribution in [0.2, 0.25) is 0 Å². The zero-order valence-corrected chi connectivity index (χ0v) is 22.6. The highest BCUT2D eigenvalue weighted by Gasteiger charge is 2.54. The number of anilines is 1. The van der Waals surface area contributed by atoms with Gasteiger partial charge in [0.25, 0.3) is 10.2 Å². The summed E-state index contributed by atoms with van der Waals surface area (Å²) in [6, 6.07) is -1.33. The molecule has 22 heteroatoms. The number of carboxylic acid groups (broad SMARTS) is 1. The number of aromatic nitrogens is 4. The molecule has 1 fully saturated rings. The Morgan fingerprint density at radius 2 is 1.97 bits per heavy atom. The van der Waals surface area contributed by atoms with Gasteiger partial charge in [-0.3, -0.25) is 14.1 Å². The van der Waals surface area contributed by atoms with E-state index in [-0.39, 0.29) is 27.4 Å². The Bertz CT molecular complexity index is 1530. The number of hydrogen-bond acceptors (Lipinski definition) is 14. The minimum Gasteiger partial charge on any atom is -0.478 e. The summed E-state index contributed by atoms with van der Waals surface area (Å²) in [5.74, 6) is -4.68. The van der Waals surface area contributed by atoms with E-state index in [9.17, 15) is 40.9 Å². The van der Waals surface area contributed by atoms with E-state index in [2.05, 4.69) is 20.3 Å². The van der Waals surface area contributed by atoms with Crippen LogP contribution in [0.25, 0.3) is 0 Å². The highest BCUT2D eigenvalue weighted by Crippen LogP contribution is 2.33. The van der Waals surface area contributed by atoms with Gasteiger partial charge in [-0.05, 0) is 13.8 Å². The zero-order valence-electron chi connectivity index (χ0n) is 20.2. The van der Waals surface area contributed by atoms with Gasteiger partial charge in [0.15, 0.2) is 16.6 Å². The summed E-state index contributed by atoms with van der Waals surface area (Å²) < 4.78 is 57.4. The van der Waals surface area contributed by atoms with Gasteiger partial charge in [0, 0.05) is 11.8 Å². The quantitative estimate of drug-likeness (QED) is 0.0678. The second kappa shape index (κ2) is 10.9. The molecule has 0 bridgehead atoms. The maximum atomic E-state index is 13.2. The van der Waals surface area contributed by atoms with Crippen LogP contribution in [0, 0.1) is 5.92 Å². The lowest BCUT2D eigenvalue weighted by Crippen LogP contribution is -2.64. The number of ketones is 1. The molecule has 0 aromatic carbocycles. The molecule has 3 rings (SSSR count). The Morgan fingerprint density at radius 1 is 1.31 bits per heavy atom. The van der Waals surface area contributed by atoms with Crippen molar-refractivity contribution in [2.24, 2.45) is 16.2 Å². The molecular weight excluding hydrogens is 586 g/mol. The molecule has 3 heterocycles. The van der Waals surface area contributed by atoms with Crippen molar-refractivity contribution >= 4 is 60.4 Å². The monoisotopic (exact) mass is 609 g/mol. The fourth-order valence-corrected chi connectivity index (χ4v) is 5.07. The number of nitrogen functional groups attached to an aromatic ring is 1. The van der Waals surface area contributed by atoms with Crippen LogP contribution in [-0.2, 0) is 52.8 Å². The summed E-state index contributed by atoms with van der Waals surface area (Å²) in [6.07, 6.45) is 0.499. The second-order valence-corrected chi connectivity index (χ2v) is 12.1. The van der Waals surface area contributed by atoms with E-state index in [1.807, 2.05) is 4.72 Å². The predicted octanol–water partition coefficient (Wildman–Crippen LogP) is -2.52. The molecule has 0 unspecified atom stereocenters. The Kier molecular flexibility index (Phi) is 8.37. The summed E-state index contributed by atoms with van der Waals surface area (Å²) in [7, 11) is -9.07. The average molecular weight is 610 g/mol. The number of nitrogens with zero attached hydrogens (tertiary/aromatic N) is 6. The molecule has 1 aliphatic heterocycles. The van der Waals surface area contributed by atoms with Gasteiger partial charge in [-0.15, -0.1) is 11.3 Å². The number of aliphatic carboxylic acids is 1. The first kappa shape index (κ1) is 30.0. The number of nitrogens with two attached hydrogens (primary N) is 2. The number of amides is 1. The van der Waals surface area contributed by atoms with Gasteiger partial charge in [0.05, 0.1) is 36.9 Å². The van der Waals surface area contributed by atoms with Crippen molar-refractivity contribution in [3.8, 4) is 0 Å². The third-order valence-corrected chi connectivity index (χ3v) is 7.42. The van der Waals surface area contributed by atoms with Gasteiger partial charge in [0.2, 0.25) is 11.5 Å². The van der Waals surface area contributed by atoms with Crippen LogP contribution in [0.4, 0.5) is 5.13 Å². The maximum absolute atomic E-state index is 13.2. The minimum atomic E-state index is -5.04.